The molecule has 0 radical (unpaired) electrons. The normalized spacial score (nSPS) is 10.2. The number of halogens is 2. The van der Waals surface area contributed by atoms with Crippen LogP contribution in [0.5, 0.6) is 5.75 Å². The maximum atomic E-state index is 13.2. The van der Waals surface area contributed by atoms with Crippen LogP contribution < -0.4 is 5.32 Å². The van der Waals surface area contributed by atoms with Gasteiger partial charge in [-0.05, 0) is 12.1 Å². The first-order valence-electron chi connectivity index (χ1n) is 4.35. The first-order chi connectivity index (χ1) is 8.09. The summed E-state index contributed by atoms with van der Waals surface area (Å²) in [5.41, 5.74) is -0.222. The molecule has 0 fully saturated rings. The van der Waals surface area contributed by atoms with Gasteiger partial charge in [-0.2, -0.15) is 8.75 Å². The Labute approximate surface area is 104 Å². The van der Waals surface area contributed by atoms with Crippen LogP contribution in [0, 0.1) is 5.82 Å². The molecule has 5 nitrogen and oxygen atoms in total. The van der Waals surface area contributed by atoms with Crippen molar-refractivity contribution < 1.29 is 14.3 Å². The number of amides is 1. The summed E-state index contributed by atoms with van der Waals surface area (Å²) >= 11 is 6.36. The summed E-state index contributed by atoms with van der Waals surface area (Å²) in [5.74, 6) is -2.28. The van der Waals surface area contributed by atoms with Gasteiger partial charge in [0.2, 0.25) is 0 Å². The molecule has 0 atom stereocenters. The molecular formula is C9H5ClFN3O2S. The number of aromatic nitrogens is 2. The summed E-state index contributed by atoms with van der Waals surface area (Å²) in [7, 11) is 0. The summed E-state index contributed by atoms with van der Waals surface area (Å²) < 4.78 is 20.7. The van der Waals surface area contributed by atoms with E-state index >= 15 is 0 Å². The molecular weight excluding hydrogens is 269 g/mol. The van der Waals surface area contributed by atoms with Gasteiger partial charge in [-0.1, -0.05) is 11.6 Å². The maximum Gasteiger partial charge on any atom is 0.260 e. The number of carbonyl (C=O) groups excluding carboxylic acids is 1. The number of nitrogens with one attached hydrogen (secondary N) is 1. The fourth-order valence-corrected chi connectivity index (χ4v) is 1.65. The molecule has 8 heteroatoms. The van der Waals surface area contributed by atoms with Crippen molar-refractivity contribution in [3.8, 4) is 5.75 Å². The third kappa shape index (κ3) is 2.34. The van der Waals surface area contributed by atoms with Crippen LogP contribution in [0.4, 0.5) is 10.2 Å². The van der Waals surface area contributed by atoms with Gasteiger partial charge < -0.3 is 10.4 Å². The highest BCUT2D eigenvalue weighted by atomic mass is 35.5. The van der Waals surface area contributed by atoms with Gasteiger partial charge >= 0.3 is 0 Å². The van der Waals surface area contributed by atoms with Gasteiger partial charge in [-0.3, -0.25) is 4.79 Å². The van der Waals surface area contributed by atoms with E-state index in [1.807, 2.05) is 0 Å². The Kier molecular flexibility index (Phi) is 3.21. The fraction of sp³-hybridized carbons (Fsp3) is 0. The van der Waals surface area contributed by atoms with Gasteiger partial charge in [-0.25, -0.2) is 4.39 Å². The highest BCUT2D eigenvalue weighted by Gasteiger charge is 2.17. The number of benzene rings is 1. The van der Waals surface area contributed by atoms with E-state index in [9.17, 15) is 14.3 Å². The average Bonchev–Trinajstić information content (AvgIpc) is 2.78. The second-order valence-electron chi connectivity index (χ2n) is 3.00. The molecule has 0 aliphatic rings. The number of phenolic OH excluding ortho intramolecular Hbond substituents is 1. The molecule has 1 heterocycles. The van der Waals surface area contributed by atoms with Gasteiger partial charge in [0, 0.05) is 0 Å². The highest BCUT2D eigenvalue weighted by Crippen LogP contribution is 2.27. The largest absolute Gasteiger partial charge is 0.504 e. The zero-order chi connectivity index (χ0) is 12.4. The van der Waals surface area contributed by atoms with Gasteiger partial charge in [-0.15, -0.1) is 0 Å². The monoisotopic (exact) mass is 273 g/mol. The van der Waals surface area contributed by atoms with Crippen molar-refractivity contribution in [2.75, 3.05) is 5.32 Å². The average molecular weight is 274 g/mol. The maximum absolute atomic E-state index is 13.2. The van der Waals surface area contributed by atoms with E-state index in [1.54, 1.807) is 0 Å². The summed E-state index contributed by atoms with van der Waals surface area (Å²) in [6.07, 6.45) is 1.34. The molecule has 1 aromatic heterocycles. The number of rotatable bonds is 2. The van der Waals surface area contributed by atoms with Crippen LogP contribution in [0.2, 0.25) is 5.02 Å². The summed E-state index contributed by atoms with van der Waals surface area (Å²) in [6.45, 7) is 0. The van der Waals surface area contributed by atoms with E-state index in [4.69, 9.17) is 11.6 Å². The molecule has 0 spiro atoms. The van der Waals surface area contributed by atoms with E-state index < -0.39 is 17.5 Å². The van der Waals surface area contributed by atoms with Gasteiger partial charge in [0.15, 0.2) is 17.4 Å². The lowest BCUT2D eigenvalue weighted by atomic mass is 10.2. The molecule has 0 aliphatic carbocycles. The number of hydrogen-bond donors (Lipinski definition) is 2. The first-order valence-corrected chi connectivity index (χ1v) is 5.46. The zero-order valence-electron chi connectivity index (χ0n) is 8.15. The molecule has 2 N–H and O–H groups in total. The lowest BCUT2D eigenvalue weighted by molar-refractivity contribution is 0.102. The molecule has 2 rings (SSSR count). The first kappa shape index (κ1) is 11.7. The molecule has 0 aliphatic heterocycles. The molecule has 0 saturated heterocycles. The summed E-state index contributed by atoms with van der Waals surface area (Å²) in [4.78, 5) is 11.7. The molecule has 1 amide bonds. The minimum Gasteiger partial charge on any atom is -0.504 e. The third-order valence-electron chi connectivity index (χ3n) is 1.92. The van der Waals surface area contributed by atoms with Crippen LogP contribution >= 0.6 is 23.3 Å². The zero-order valence-corrected chi connectivity index (χ0v) is 9.72. The molecule has 2 aromatic rings. The van der Waals surface area contributed by atoms with Crippen molar-refractivity contribution in [3.63, 3.8) is 0 Å². The van der Waals surface area contributed by atoms with E-state index in [-0.39, 0.29) is 16.4 Å². The standard InChI is InChI=1S/C9H5ClFN3O2S/c10-5-2-1-4(8(15)7(5)11)9(16)13-6-3-12-17-14-6/h1-3,15H,(H,13,14,16). The fourth-order valence-electron chi connectivity index (χ4n) is 1.13. The number of anilines is 1. The number of aromatic hydroxyl groups is 1. The second kappa shape index (κ2) is 4.64. The Balaban J connectivity index is 2.29. The third-order valence-corrected chi connectivity index (χ3v) is 2.69. The van der Waals surface area contributed by atoms with Gasteiger partial charge in [0.1, 0.15) is 0 Å². The van der Waals surface area contributed by atoms with Crippen molar-refractivity contribution in [2.24, 2.45) is 0 Å². The quantitative estimate of drug-likeness (QED) is 0.880. The molecule has 0 unspecified atom stereocenters. The predicted molar refractivity (Wildman–Crippen MR) is 60.9 cm³/mol. The summed E-state index contributed by atoms with van der Waals surface area (Å²) in [5, 5.41) is 11.5. The van der Waals surface area contributed by atoms with Crippen LogP contribution in [-0.2, 0) is 0 Å². The van der Waals surface area contributed by atoms with Crippen LogP contribution in [0.15, 0.2) is 18.3 Å². The molecule has 0 saturated carbocycles. The number of phenols is 1. The van der Waals surface area contributed by atoms with E-state index in [0.29, 0.717) is 0 Å². The van der Waals surface area contributed by atoms with Crippen molar-refractivity contribution in [2.45, 2.75) is 0 Å². The van der Waals surface area contributed by atoms with Crippen molar-refractivity contribution in [1.29, 1.82) is 0 Å². The summed E-state index contributed by atoms with van der Waals surface area (Å²) in [6, 6.07) is 2.40. The predicted octanol–water partition coefficient (Wildman–Crippen LogP) is 2.29. The van der Waals surface area contributed by atoms with E-state index in [0.717, 1.165) is 11.7 Å². The van der Waals surface area contributed by atoms with Gasteiger partial charge in [0.05, 0.1) is 28.5 Å². The molecule has 0 bridgehead atoms. The number of nitrogens with zero attached hydrogens (tertiary/aromatic N) is 2. The van der Waals surface area contributed by atoms with E-state index in [2.05, 4.69) is 14.1 Å². The van der Waals surface area contributed by atoms with Crippen LogP contribution in [-0.4, -0.2) is 19.8 Å². The highest BCUT2D eigenvalue weighted by molar-refractivity contribution is 6.99. The molecule has 17 heavy (non-hydrogen) atoms. The minimum atomic E-state index is -1.03. The van der Waals surface area contributed by atoms with Gasteiger partial charge in [0.25, 0.3) is 5.91 Å². The Hall–Kier alpha value is -1.73. The smallest absolute Gasteiger partial charge is 0.260 e. The van der Waals surface area contributed by atoms with Crippen LogP contribution in [0.3, 0.4) is 0 Å². The minimum absolute atomic E-state index is 0.222. The Morgan fingerprint density at radius 1 is 1.53 bits per heavy atom. The van der Waals surface area contributed by atoms with Crippen LogP contribution in [0.25, 0.3) is 0 Å². The Bertz CT molecular complexity index is 562. The van der Waals surface area contributed by atoms with E-state index in [1.165, 1.54) is 18.3 Å². The molecule has 88 valence electrons. The molecule has 1 aromatic carbocycles. The van der Waals surface area contributed by atoms with Crippen molar-refractivity contribution in [3.05, 3.63) is 34.7 Å². The second-order valence-corrected chi connectivity index (χ2v) is 3.97. The number of carbonyl (C=O) groups is 1. The Morgan fingerprint density at radius 2 is 2.29 bits per heavy atom. The van der Waals surface area contributed by atoms with Crippen molar-refractivity contribution in [1.82, 2.24) is 8.75 Å². The van der Waals surface area contributed by atoms with Crippen molar-refractivity contribution >= 4 is 35.1 Å². The van der Waals surface area contributed by atoms with Crippen LogP contribution in [0.1, 0.15) is 10.4 Å². The lowest BCUT2D eigenvalue weighted by Gasteiger charge is -2.05. The Morgan fingerprint density at radius 3 is 2.94 bits per heavy atom. The lowest BCUT2D eigenvalue weighted by Crippen LogP contribution is -2.12. The number of hydrogen-bond acceptors (Lipinski definition) is 5. The SMILES string of the molecule is O=C(Nc1cnsn1)c1ccc(Cl)c(F)c1O. The topological polar surface area (TPSA) is 75.1 Å².